The Bertz CT molecular complexity index is 733. The van der Waals surface area contributed by atoms with Crippen LogP contribution >= 0.6 is 23.1 Å². The zero-order valence-corrected chi connectivity index (χ0v) is 16.1. The molecule has 1 heterocycles. The van der Waals surface area contributed by atoms with Gasteiger partial charge in [-0.25, -0.2) is 0 Å². The zero-order valence-electron chi connectivity index (χ0n) is 12.6. The SMILES string of the molecule is C=CCSc1nncs1.CC(=O)Nc1ccc(O)c([As](=O)(O)O)c1. The third-order valence-electron chi connectivity index (χ3n) is 2.27. The van der Waals surface area contributed by atoms with Gasteiger partial charge in [-0.3, -0.25) is 0 Å². The first-order chi connectivity index (χ1) is 11.2. The number of rotatable bonds is 5. The number of amides is 1. The van der Waals surface area contributed by atoms with Crippen LogP contribution in [0.25, 0.3) is 0 Å². The van der Waals surface area contributed by atoms with Gasteiger partial charge >= 0.3 is 88.1 Å². The first kappa shape index (κ1) is 20.5. The maximum atomic E-state index is 11.0. The van der Waals surface area contributed by atoms with Crippen LogP contribution in [-0.4, -0.2) is 49.3 Å². The first-order valence-electron chi connectivity index (χ1n) is 6.40. The Balaban J connectivity index is 0.000000272. The number of nitrogens with one attached hydrogen (secondary N) is 1. The fraction of sp³-hybridized carbons (Fsp3) is 0.154. The summed E-state index contributed by atoms with van der Waals surface area (Å²) in [5.41, 5.74) is 1.96. The number of benzene rings is 1. The van der Waals surface area contributed by atoms with E-state index in [1.54, 1.807) is 28.6 Å². The third-order valence-corrected chi connectivity index (χ3v) is 6.20. The molecule has 0 aliphatic rings. The van der Waals surface area contributed by atoms with Crippen molar-refractivity contribution >= 4 is 53.2 Å². The summed E-state index contributed by atoms with van der Waals surface area (Å²) >= 11 is -1.94. The quantitative estimate of drug-likeness (QED) is 0.235. The second-order valence-electron chi connectivity index (χ2n) is 4.23. The zero-order chi connectivity index (χ0) is 18.2. The Morgan fingerprint density at radius 3 is 2.71 bits per heavy atom. The van der Waals surface area contributed by atoms with Gasteiger partial charge in [0.2, 0.25) is 0 Å². The molecule has 0 saturated carbocycles. The van der Waals surface area contributed by atoms with E-state index in [0.29, 0.717) is 0 Å². The third kappa shape index (κ3) is 7.33. The predicted octanol–water partition coefficient (Wildman–Crippen LogP) is 0.728. The molecule has 0 atom stereocenters. The summed E-state index contributed by atoms with van der Waals surface area (Å²) in [5.74, 6) is 0.0797. The number of hydrogen-bond acceptors (Lipinski definition) is 7. The van der Waals surface area contributed by atoms with E-state index in [2.05, 4.69) is 22.1 Å². The van der Waals surface area contributed by atoms with E-state index in [1.165, 1.54) is 13.0 Å². The molecule has 0 spiro atoms. The van der Waals surface area contributed by atoms with Crippen LogP contribution in [0.4, 0.5) is 5.69 Å². The summed E-state index contributed by atoms with van der Waals surface area (Å²) in [5, 5.41) is 19.1. The van der Waals surface area contributed by atoms with Crippen LogP contribution in [0.15, 0.2) is 40.7 Å². The molecule has 0 aliphatic carbocycles. The Morgan fingerprint density at radius 1 is 1.50 bits per heavy atom. The van der Waals surface area contributed by atoms with Gasteiger partial charge in [0.1, 0.15) is 5.51 Å². The van der Waals surface area contributed by atoms with Gasteiger partial charge in [-0.15, -0.1) is 16.8 Å². The molecule has 0 unspecified atom stereocenters. The van der Waals surface area contributed by atoms with Crippen molar-refractivity contribution in [2.45, 2.75) is 11.3 Å². The van der Waals surface area contributed by atoms with Gasteiger partial charge in [-0.1, -0.05) is 29.2 Å². The summed E-state index contributed by atoms with van der Waals surface area (Å²) in [6.07, 6.45) is 1.85. The van der Waals surface area contributed by atoms with Crippen molar-refractivity contribution in [3.63, 3.8) is 0 Å². The molecule has 24 heavy (non-hydrogen) atoms. The minimum absolute atomic E-state index is 0.236. The average Bonchev–Trinajstić information content (AvgIpc) is 2.99. The van der Waals surface area contributed by atoms with Crippen molar-refractivity contribution in [2.24, 2.45) is 0 Å². The summed E-state index contributed by atoms with van der Waals surface area (Å²) in [7, 11) is 0. The monoisotopic (exact) mass is 433 g/mol. The standard InChI is InChI=1S/C8H10AsNO5.C5H6N2S2/c1-5(11)10-6-2-3-8(12)7(4-6)9(13,14)15;1-2-3-8-5-7-6-4-9-5/h2-4,12H,1H3,(H,10,11)(H2,13,14,15);2,4H,1,3H2. The number of aromatic nitrogens is 2. The van der Waals surface area contributed by atoms with E-state index in [9.17, 15) is 13.6 Å². The molecular weight excluding hydrogens is 417 g/mol. The number of thioether (sulfide) groups is 1. The van der Waals surface area contributed by atoms with Crippen LogP contribution < -0.4 is 9.67 Å². The number of anilines is 1. The first-order valence-corrected chi connectivity index (χ1v) is 11.7. The normalized spacial score (nSPS) is 10.5. The molecule has 0 radical (unpaired) electrons. The van der Waals surface area contributed by atoms with Gasteiger partial charge in [-0.2, -0.15) is 0 Å². The van der Waals surface area contributed by atoms with E-state index >= 15 is 0 Å². The van der Waals surface area contributed by atoms with Crippen molar-refractivity contribution < 1.29 is 21.8 Å². The van der Waals surface area contributed by atoms with Crippen molar-refractivity contribution in [1.82, 2.24) is 10.2 Å². The van der Waals surface area contributed by atoms with Gasteiger partial charge in [0, 0.05) is 5.75 Å². The van der Waals surface area contributed by atoms with Crippen molar-refractivity contribution in [2.75, 3.05) is 11.1 Å². The van der Waals surface area contributed by atoms with E-state index in [4.69, 9.17) is 8.19 Å². The number of nitrogens with zero attached hydrogens (tertiary/aromatic N) is 2. The van der Waals surface area contributed by atoms with Crippen LogP contribution in [0.3, 0.4) is 0 Å². The minimum atomic E-state index is -5.15. The molecule has 2 rings (SSSR count). The second-order valence-corrected chi connectivity index (χ2v) is 9.63. The van der Waals surface area contributed by atoms with Crippen molar-refractivity contribution in [1.29, 1.82) is 0 Å². The molecule has 4 N–H and O–H groups in total. The van der Waals surface area contributed by atoms with Crippen molar-refractivity contribution in [3.05, 3.63) is 36.4 Å². The fourth-order valence-electron chi connectivity index (χ4n) is 1.39. The maximum absolute atomic E-state index is 11.0. The summed E-state index contributed by atoms with van der Waals surface area (Å²) in [6.45, 7) is 4.87. The molecule has 0 bridgehead atoms. The molecule has 0 aliphatic heterocycles. The van der Waals surface area contributed by atoms with Crippen LogP contribution in [0.2, 0.25) is 0 Å². The number of carbonyl (C=O) groups excluding carboxylic acids is 1. The van der Waals surface area contributed by atoms with Crippen LogP contribution in [0.1, 0.15) is 6.92 Å². The van der Waals surface area contributed by atoms with Crippen LogP contribution in [0, 0.1) is 0 Å². The molecule has 130 valence electrons. The number of aromatic hydroxyl groups is 1. The van der Waals surface area contributed by atoms with Crippen LogP contribution in [0.5, 0.6) is 5.75 Å². The van der Waals surface area contributed by atoms with Gasteiger partial charge < -0.3 is 0 Å². The average molecular weight is 433 g/mol. The van der Waals surface area contributed by atoms with Crippen molar-refractivity contribution in [3.8, 4) is 5.75 Å². The molecule has 0 saturated heterocycles. The van der Waals surface area contributed by atoms with E-state index < -0.39 is 24.3 Å². The molecule has 0 fully saturated rings. The van der Waals surface area contributed by atoms with E-state index in [0.717, 1.165) is 22.2 Å². The van der Waals surface area contributed by atoms with E-state index in [1.807, 2.05) is 6.08 Å². The Morgan fingerprint density at radius 2 is 2.21 bits per heavy atom. The Hall–Kier alpha value is -1.58. The topological polar surface area (TPSA) is 133 Å². The van der Waals surface area contributed by atoms with E-state index in [-0.39, 0.29) is 11.6 Å². The van der Waals surface area contributed by atoms with Gasteiger partial charge in [0.25, 0.3) is 0 Å². The van der Waals surface area contributed by atoms with Gasteiger partial charge in [-0.05, 0) is 0 Å². The molecule has 1 amide bonds. The van der Waals surface area contributed by atoms with Crippen LogP contribution in [-0.2, 0) is 8.53 Å². The number of phenols is 1. The summed E-state index contributed by atoms with van der Waals surface area (Å²) < 4.78 is 29.4. The number of phenolic OH excluding ortho intramolecular Hbond substituents is 1. The molecular formula is C13H16AsN3O5S2. The number of hydrogen-bond donors (Lipinski definition) is 4. The molecule has 1 aromatic carbocycles. The van der Waals surface area contributed by atoms with Gasteiger partial charge in [0.05, 0.1) is 0 Å². The summed E-state index contributed by atoms with van der Waals surface area (Å²) in [6, 6.07) is 3.55. The molecule has 1 aromatic heterocycles. The second kappa shape index (κ2) is 9.65. The molecule has 8 nitrogen and oxygen atoms in total. The number of carbonyl (C=O) groups is 1. The predicted molar refractivity (Wildman–Crippen MR) is 93.8 cm³/mol. The fourth-order valence-corrected chi connectivity index (χ4v) is 4.07. The Labute approximate surface area is 149 Å². The van der Waals surface area contributed by atoms with Gasteiger partial charge in [0.15, 0.2) is 4.34 Å². The Kier molecular flexibility index (Phi) is 8.23. The molecule has 2 aromatic rings. The molecule has 11 heteroatoms. The summed E-state index contributed by atoms with van der Waals surface area (Å²) in [4.78, 5) is 10.7.